The van der Waals surface area contributed by atoms with E-state index < -0.39 is 5.97 Å². The minimum atomic E-state index is -1.14. The van der Waals surface area contributed by atoms with Crippen LogP contribution in [0.5, 0.6) is 0 Å². The van der Waals surface area contributed by atoms with Crippen molar-refractivity contribution in [3.05, 3.63) is 17.7 Å². The van der Waals surface area contributed by atoms with Crippen molar-refractivity contribution in [2.75, 3.05) is 6.54 Å². The number of fused-ring (bicyclic) bond motifs is 2. The first-order chi connectivity index (χ1) is 8.16. The lowest BCUT2D eigenvalue weighted by Crippen LogP contribution is -2.38. The van der Waals surface area contributed by atoms with Crippen LogP contribution in [-0.4, -0.2) is 44.4 Å². The number of piperidine rings is 1. The number of hydrogen-bond donors (Lipinski definition) is 2. The Bertz CT molecular complexity index is 482. The van der Waals surface area contributed by atoms with Crippen LogP contribution in [0.4, 0.5) is 0 Å². The van der Waals surface area contributed by atoms with E-state index >= 15 is 0 Å². The molecule has 6 heteroatoms. The van der Waals surface area contributed by atoms with Crippen LogP contribution < -0.4 is 0 Å². The number of hydrogen-bond acceptors (Lipinski definition) is 3. The van der Waals surface area contributed by atoms with E-state index in [9.17, 15) is 9.59 Å². The third-order valence-corrected chi connectivity index (χ3v) is 3.73. The van der Waals surface area contributed by atoms with Gasteiger partial charge in [0.15, 0.2) is 11.4 Å². The summed E-state index contributed by atoms with van der Waals surface area (Å²) in [5, 5.41) is 8.94. The lowest BCUT2D eigenvalue weighted by molar-refractivity contribution is 0.0651. The molecule has 3 rings (SSSR count). The summed E-state index contributed by atoms with van der Waals surface area (Å²) in [5.74, 6) is -0.803. The normalized spacial score (nSPS) is 26.5. The van der Waals surface area contributed by atoms with Gasteiger partial charge in [-0.25, -0.2) is 9.78 Å². The molecule has 6 nitrogen and oxygen atoms in total. The molecule has 1 amide bonds. The summed E-state index contributed by atoms with van der Waals surface area (Å²) in [6.45, 7) is 0.745. The lowest BCUT2D eigenvalue weighted by atomic mass is 10.1. The number of H-pyrrole nitrogens is 1. The molecule has 0 aromatic carbocycles. The van der Waals surface area contributed by atoms with E-state index in [0.29, 0.717) is 5.92 Å². The zero-order valence-electron chi connectivity index (χ0n) is 9.22. The number of carbonyl (C=O) groups excluding carboxylic acids is 1. The monoisotopic (exact) mass is 235 g/mol. The standard InChI is InChI=1S/C11H13N3O3/c15-10(8-9(11(16)17)13-5-12-8)14-4-6-1-2-7(14)3-6/h5-7H,1-4H2,(H,12,13)(H,16,17). The number of carboxylic acid groups (broad SMARTS) is 1. The van der Waals surface area contributed by atoms with Crippen molar-refractivity contribution >= 4 is 11.9 Å². The zero-order chi connectivity index (χ0) is 12.0. The summed E-state index contributed by atoms with van der Waals surface area (Å²) in [4.78, 5) is 31.2. The van der Waals surface area contributed by atoms with Gasteiger partial charge in [0.1, 0.15) is 0 Å². The maximum Gasteiger partial charge on any atom is 0.354 e. The van der Waals surface area contributed by atoms with Crippen molar-refractivity contribution in [3.63, 3.8) is 0 Å². The van der Waals surface area contributed by atoms with Gasteiger partial charge in [-0.05, 0) is 25.2 Å². The molecule has 0 spiro atoms. The van der Waals surface area contributed by atoms with Crippen molar-refractivity contribution in [2.24, 2.45) is 5.92 Å². The Morgan fingerprint density at radius 2 is 2.29 bits per heavy atom. The maximum absolute atomic E-state index is 12.2. The van der Waals surface area contributed by atoms with E-state index in [4.69, 9.17) is 5.11 Å². The van der Waals surface area contributed by atoms with Crippen molar-refractivity contribution < 1.29 is 14.7 Å². The number of aromatic amines is 1. The number of amides is 1. The zero-order valence-corrected chi connectivity index (χ0v) is 9.22. The molecule has 17 heavy (non-hydrogen) atoms. The molecule has 1 saturated heterocycles. The van der Waals surface area contributed by atoms with Crippen LogP contribution in [0.2, 0.25) is 0 Å². The van der Waals surface area contributed by atoms with E-state index in [0.717, 1.165) is 19.4 Å². The quantitative estimate of drug-likeness (QED) is 0.791. The summed E-state index contributed by atoms with van der Waals surface area (Å²) in [6.07, 6.45) is 4.52. The Morgan fingerprint density at radius 1 is 1.47 bits per heavy atom. The number of rotatable bonds is 2. The first-order valence-electron chi connectivity index (χ1n) is 5.74. The topological polar surface area (TPSA) is 86.3 Å². The second-order valence-corrected chi connectivity index (χ2v) is 4.72. The molecular weight excluding hydrogens is 222 g/mol. The third kappa shape index (κ3) is 1.51. The SMILES string of the molecule is O=C(O)c1[nH]cnc1C(=O)N1CC2CCC1C2. The van der Waals surface area contributed by atoms with E-state index in [1.54, 1.807) is 4.90 Å². The number of aromatic nitrogens is 2. The summed E-state index contributed by atoms with van der Waals surface area (Å²) >= 11 is 0. The molecule has 1 aromatic rings. The molecule has 1 aromatic heterocycles. The van der Waals surface area contributed by atoms with Crippen LogP contribution in [0.25, 0.3) is 0 Å². The van der Waals surface area contributed by atoms with Crippen LogP contribution in [-0.2, 0) is 0 Å². The van der Waals surface area contributed by atoms with Crippen molar-refractivity contribution in [2.45, 2.75) is 25.3 Å². The molecule has 1 saturated carbocycles. The number of carbonyl (C=O) groups is 2. The second kappa shape index (κ2) is 3.58. The highest BCUT2D eigenvalue weighted by atomic mass is 16.4. The van der Waals surface area contributed by atoms with E-state index in [1.807, 2.05) is 0 Å². The lowest BCUT2D eigenvalue weighted by Gasteiger charge is -2.26. The highest BCUT2D eigenvalue weighted by Crippen LogP contribution is 2.38. The second-order valence-electron chi connectivity index (χ2n) is 4.72. The molecule has 2 unspecified atom stereocenters. The predicted octanol–water partition coefficient (Wildman–Crippen LogP) is 0.732. The first kappa shape index (κ1) is 10.3. The molecule has 2 atom stereocenters. The number of carboxylic acids is 1. The van der Waals surface area contributed by atoms with Gasteiger partial charge in [0, 0.05) is 12.6 Å². The van der Waals surface area contributed by atoms with Crippen LogP contribution in [0, 0.1) is 5.92 Å². The molecule has 0 radical (unpaired) electrons. The Kier molecular flexibility index (Phi) is 2.17. The number of likely N-dealkylation sites (tertiary alicyclic amines) is 1. The van der Waals surface area contributed by atoms with Crippen molar-refractivity contribution in [1.82, 2.24) is 14.9 Å². The molecule has 1 aliphatic heterocycles. The Morgan fingerprint density at radius 3 is 2.88 bits per heavy atom. The molecule has 90 valence electrons. The van der Waals surface area contributed by atoms with Crippen LogP contribution >= 0.6 is 0 Å². The van der Waals surface area contributed by atoms with Gasteiger partial charge in [0.05, 0.1) is 6.33 Å². The van der Waals surface area contributed by atoms with Gasteiger partial charge >= 0.3 is 5.97 Å². The van der Waals surface area contributed by atoms with Crippen LogP contribution in [0.3, 0.4) is 0 Å². The molecule has 2 aliphatic rings. The Hall–Kier alpha value is -1.85. The average molecular weight is 235 g/mol. The minimum absolute atomic E-state index is 0.0325. The Labute approximate surface area is 97.6 Å². The van der Waals surface area contributed by atoms with Gasteiger partial charge in [-0.1, -0.05) is 0 Å². The van der Waals surface area contributed by atoms with Gasteiger partial charge in [0.25, 0.3) is 5.91 Å². The minimum Gasteiger partial charge on any atom is -0.477 e. The molecular formula is C11H13N3O3. The summed E-state index contributed by atoms with van der Waals surface area (Å²) in [7, 11) is 0. The van der Waals surface area contributed by atoms with Gasteiger partial charge in [0.2, 0.25) is 0 Å². The van der Waals surface area contributed by atoms with Crippen molar-refractivity contribution in [1.29, 1.82) is 0 Å². The van der Waals surface area contributed by atoms with Gasteiger partial charge < -0.3 is 15.0 Å². The van der Waals surface area contributed by atoms with E-state index in [1.165, 1.54) is 12.7 Å². The molecule has 1 aliphatic carbocycles. The predicted molar refractivity (Wildman–Crippen MR) is 57.7 cm³/mol. The van der Waals surface area contributed by atoms with Crippen molar-refractivity contribution in [3.8, 4) is 0 Å². The molecule has 2 N–H and O–H groups in total. The highest BCUT2D eigenvalue weighted by Gasteiger charge is 2.41. The number of nitrogens with zero attached hydrogens (tertiary/aromatic N) is 2. The van der Waals surface area contributed by atoms with Crippen LogP contribution in [0.15, 0.2) is 6.33 Å². The van der Waals surface area contributed by atoms with E-state index in [2.05, 4.69) is 9.97 Å². The average Bonchev–Trinajstić information content (AvgIpc) is 3.02. The fourth-order valence-electron chi connectivity index (χ4n) is 2.93. The van der Waals surface area contributed by atoms with Gasteiger partial charge in [-0.2, -0.15) is 0 Å². The van der Waals surface area contributed by atoms with E-state index in [-0.39, 0.29) is 23.3 Å². The largest absolute Gasteiger partial charge is 0.477 e. The highest BCUT2D eigenvalue weighted by molar-refractivity contribution is 6.02. The van der Waals surface area contributed by atoms with Gasteiger partial charge in [-0.15, -0.1) is 0 Å². The molecule has 2 bridgehead atoms. The number of nitrogens with one attached hydrogen (secondary N) is 1. The van der Waals surface area contributed by atoms with Gasteiger partial charge in [-0.3, -0.25) is 4.79 Å². The number of imidazole rings is 1. The number of aromatic carboxylic acids is 1. The fraction of sp³-hybridized carbons (Fsp3) is 0.545. The molecule has 2 heterocycles. The fourth-order valence-corrected chi connectivity index (χ4v) is 2.93. The maximum atomic E-state index is 12.2. The summed E-state index contributed by atoms with van der Waals surface area (Å²) < 4.78 is 0. The Balaban J connectivity index is 1.87. The molecule has 2 fully saturated rings. The summed E-state index contributed by atoms with van der Waals surface area (Å²) in [6, 6.07) is 0.283. The first-order valence-corrected chi connectivity index (χ1v) is 5.74. The summed E-state index contributed by atoms with van der Waals surface area (Å²) in [5.41, 5.74) is -0.0807. The third-order valence-electron chi connectivity index (χ3n) is 3.73. The van der Waals surface area contributed by atoms with Crippen LogP contribution in [0.1, 0.15) is 40.2 Å². The smallest absolute Gasteiger partial charge is 0.354 e.